The molecule has 6 rings (SSSR count). The Kier molecular flexibility index (Phi) is 5.22. The van der Waals surface area contributed by atoms with Crippen molar-refractivity contribution in [3.63, 3.8) is 0 Å². The summed E-state index contributed by atoms with van der Waals surface area (Å²) in [5.41, 5.74) is 4.73. The van der Waals surface area contributed by atoms with Crippen LogP contribution in [0.5, 0.6) is 0 Å². The highest BCUT2D eigenvalue weighted by Gasteiger charge is 2.43. The van der Waals surface area contributed by atoms with Crippen LogP contribution < -0.4 is 0 Å². The van der Waals surface area contributed by atoms with Crippen molar-refractivity contribution in [3.8, 4) is 0 Å². The quantitative estimate of drug-likeness (QED) is 0.598. The molecule has 3 aliphatic heterocycles. The van der Waals surface area contributed by atoms with Gasteiger partial charge in [-0.3, -0.25) is 9.69 Å². The molecule has 0 N–H and O–H groups in total. The molecule has 1 aromatic carbocycles. The van der Waals surface area contributed by atoms with Gasteiger partial charge in [-0.15, -0.1) is 0 Å². The number of hydrogen-bond acceptors (Lipinski definition) is 3. The fourth-order valence-electron chi connectivity index (χ4n) is 6.47. The van der Waals surface area contributed by atoms with Crippen molar-refractivity contribution in [2.75, 3.05) is 13.1 Å². The summed E-state index contributed by atoms with van der Waals surface area (Å²) in [4.78, 5) is 18.5. The number of aromatic nitrogens is 2. The van der Waals surface area contributed by atoms with E-state index in [1.807, 2.05) is 23.0 Å². The smallest absolute Gasteiger partial charge is 0.254 e. The van der Waals surface area contributed by atoms with Crippen molar-refractivity contribution in [1.29, 1.82) is 0 Å². The standard InChI is InChI=1S/C27H32N4O/c32-27(25-8-2-1-6-22(25)19-29-13-3-4-14-29)31-23-9-10-24(31)18-20(17-23)16-21-7-5-15-30-26(21)11-12-28-30/h1-2,5-8,11-12,15,20,23-24H,3-4,9-10,13-14,16-19H2/t23-,24-/m0/s1. The van der Waals surface area contributed by atoms with Crippen LogP contribution in [-0.4, -0.2) is 50.5 Å². The molecule has 2 aromatic heterocycles. The SMILES string of the molecule is O=C(c1ccccc1CN1CCCC1)N1[C@H]2CC[C@H]1CC(Cc1cccn3nccc13)C2. The van der Waals surface area contributed by atoms with E-state index < -0.39 is 0 Å². The number of carbonyl (C=O) groups excluding carboxylic acids is 1. The van der Waals surface area contributed by atoms with E-state index in [0.717, 1.165) is 57.3 Å². The van der Waals surface area contributed by atoms with Crippen molar-refractivity contribution in [2.45, 2.75) is 63.6 Å². The Morgan fingerprint density at radius 2 is 1.69 bits per heavy atom. The number of benzene rings is 1. The van der Waals surface area contributed by atoms with Gasteiger partial charge in [-0.1, -0.05) is 24.3 Å². The molecule has 0 radical (unpaired) electrons. The van der Waals surface area contributed by atoms with Gasteiger partial charge in [-0.2, -0.15) is 5.10 Å². The lowest BCUT2D eigenvalue weighted by molar-refractivity contribution is 0.0522. The fourth-order valence-corrected chi connectivity index (χ4v) is 6.47. The van der Waals surface area contributed by atoms with Gasteiger partial charge in [-0.05, 0) is 93.3 Å². The molecule has 3 aliphatic rings. The minimum atomic E-state index is 0.267. The number of nitrogens with zero attached hydrogens (tertiary/aromatic N) is 4. The normalized spacial score (nSPS) is 25.6. The molecule has 2 atom stereocenters. The molecule has 3 aromatic rings. The van der Waals surface area contributed by atoms with Crippen molar-refractivity contribution < 1.29 is 4.79 Å². The monoisotopic (exact) mass is 428 g/mol. The van der Waals surface area contributed by atoms with Crippen LogP contribution in [0.2, 0.25) is 0 Å². The van der Waals surface area contributed by atoms with Gasteiger partial charge in [0.2, 0.25) is 0 Å². The number of hydrogen-bond donors (Lipinski definition) is 0. The lowest BCUT2D eigenvalue weighted by Crippen LogP contribution is -2.47. The number of pyridine rings is 1. The second-order valence-corrected chi connectivity index (χ2v) is 9.97. The molecule has 32 heavy (non-hydrogen) atoms. The summed E-state index contributed by atoms with van der Waals surface area (Å²) in [6.07, 6.45) is 12.1. The van der Waals surface area contributed by atoms with E-state index in [1.54, 1.807) is 0 Å². The van der Waals surface area contributed by atoms with Crippen LogP contribution in [0, 0.1) is 5.92 Å². The van der Waals surface area contributed by atoms with E-state index in [4.69, 9.17) is 0 Å². The first kappa shape index (κ1) is 20.0. The van der Waals surface area contributed by atoms with Gasteiger partial charge in [0.15, 0.2) is 0 Å². The molecule has 0 spiro atoms. The maximum absolute atomic E-state index is 13.8. The second-order valence-electron chi connectivity index (χ2n) is 9.97. The van der Waals surface area contributed by atoms with Gasteiger partial charge in [0, 0.05) is 36.6 Å². The number of carbonyl (C=O) groups is 1. The van der Waals surface area contributed by atoms with Crippen LogP contribution in [0.15, 0.2) is 54.9 Å². The maximum atomic E-state index is 13.8. The summed E-state index contributed by atoms with van der Waals surface area (Å²) in [6.45, 7) is 3.22. The van der Waals surface area contributed by atoms with E-state index >= 15 is 0 Å². The Balaban J connectivity index is 1.19. The topological polar surface area (TPSA) is 40.9 Å². The summed E-state index contributed by atoms with van der Waals surface area (Å²) in [5, 5.41) is 4.39. The molecule has 0 saturated carbocycles. The zero-order chi connectivity index (χ0) is 21.5. The first-order valence-electron chi connectivity index (χ1n) is 12.3. The Morgan fingerprint density at radius 1 is 0.938 bits per heavy atom. The predicted octanol–water partition coefficient (Wildman–Crippen LogP) is 4.56. The van der Waals surface area contributed by atoms with E-state index in [1.165, 1.54) is 29.5 Å². The third-order valence-electron chi connectivity index (χ3n) is 7.94. The molecule has 5 heterocycles. The number of likely N-dealkylation sites (tertiary alicyclic amines) is 1. The minimum absolute atomic E-state index is 0.267. The van der Waals surface area contributed by atoms with Crippen LogP contribution in [0.1, 0.15) is 60.0 Å². The lowest BCUT2D eigenvalue weighted by Gasteiger charge is -2.39. The second kappa shape index (κ2) is 8.36. The molecular formula is C27H32N4O. The lowest BCUT2D eigenvalue weighted by atomic mass is 9.85. The van der Waals surface area contributed by atoms with Crippen LogP contribution in [-0.2, 0) is 13.0 Å². The Labute approximate surface area is 190 Å². The number of amides is 1. The number of rotatable bonds is 5. The summed E-state index contributed by atoms with van der Waals surface area (Å²) in [5.74, 6) is 0.904. The van der Waals surface area contributed by atoms with Crippen molar-refractivity contribution >= 4 is 11.4 Å². The van der Waals surface area contributed by atoms with Gasteiger partial charge >= 0.3 is 0 Å². The Bertz CT molecular complexity index is 1100. The number of fused-ring (bicyclic) bond motifs is 3. The largest absolute Gasteiger partial charge is 0.333 e. The van der Waals surface area contributed by atoms with Crippen molar-refractivity contribution in [1.82, 2.24) is 19.4 Å². The first-order valence-corrected chi connectivity index (χ1v) is 12.3. The molecule has 0 aliphatic carbocycles. The summed E-state index contributed by atoms with van der Waals surface area (Å²) < 4.78 is 1.97. The van der Waals surface area contributed by atoms with Crippen LogP contribution in [0.25, 0.3) is 5.52 Å². The summed E-state index contributed by atoms with van der Waals surface area (Å²) >= 11 is 0. The Hall–Kier alpha value is -2.66. The first-order chi connectivity index (χ1) is 15.8. The minimum Gasteiger partial charge on any atom is -0.333 e. The highest BCUT2D eigenvalue weighted by atomic mass is 16.2. The van der Waals surface area contributed by atoms with E-state index in [-0.39, 0.29) is 5.91 Å². The van der Waals surface area contributed by atoms with Crippen LogP contribution in [0.3, 0.4) is 0 Å². The molecule has 1 amide bonds. The highest BCUT2D eigenvalue weighted by Crippen LogP contribution is 2.41. The van der Waals surface area contributed by atoms with E-state index in [9.17, 15) is 4.79 Å². The van der Waals surface area contributed by atoms with E-state index in [0.29, 0.717) is 18.0 Å². The Morgan fingerprint density at radius 3 is 2.50 bits per heavy atom. The van der Waals surface area contributed by atoms with Gasteiger partial charge in [0.1, 0.15) is 0 Å². The zero-order valence-corrected chi connectivity index (χ0v) is 18.7. The molecular weight excluding hydrogens is 396 g/mol. The van der Waals surface area contributed by atoms with Crippen molar-refractivity contribution in [2.24, 2.45) is 5.92 Å². The molecule has 2 bridgehead atoms. The fraction of sp³-hybridized carbons (Fsp3) is 0.481. The van der Waals surface area contributed by atoms with Gasteiger partial charge in [0.25, 0.3) is 5.91 Å². The zero-order valence-electron chi connectivity index (χ0n) is 18.7. The summed E-state index contributed by atoms with van der Waals surface area (Å²) in [7, 11) is 0. The van der Waals surface area contributed by atoms with Gasteiger partial charge in [-0.25, -0.2) is 4.52 Å². The van der Waals surface area contributed by atoms with E-state index in [2.05, 4.69) is 51.3 Å². The third-order valence-corrected chi connectivity index (χ3v) is 7.94. The van der Waals surface area contributed by atoms with Gasteiger partial charge in [0.05, 0.1) is 5.52 Å². The molecule has 3 saturated heterocycles. The van der Waals surface area contributed by atoms with Crippen LogP contribution in [0.4, 0.5) is 0 Å². The molecule has 0 unspecified atom stereocenters. The van der Waals surface area contributed by atoms with Crippen LogP contribution >= 0.6 is 0 Å². The molecule has 3 fully saturated rings. The average Bonchev–Trinajstić information content (AvgIpc) is 3.54. The predicted molar refractivity (Wildman–Crippen MR) is 126 cm³/mol. The third kappa shape index (κ3) is 3.62. The maximum Gasteiger partial charge on any atom is 0.254 e. The summed E-state index contributed by atoms with van der Waals surface area (Å²) in [6, 6.07) is 15.5. The van der Waals surface area contributed by atoms with Crippen molar-refractivity contribution in [3.05, 3.63) is 71.5 Å². The van der Waals surface area contributed by atoms with Gasteiger partial charge < -0.3 is 4.90 Å². The molecule has 5 nitrogen and oxygen atoms in total. The molecule has 166 valence electrons. The number of piperidine rings is 1. The average molecular weight is 429 g/mol. The molecule has 5 heteroatoms. The highest BCUT2D eigenvalue weighted by molar-refractivity contribution is 5.96.